The summed E-state index contributed by atoms with van der Waals surface area (Å²) in [7, 11) is 0. The van der Waals surface area contributed by atoms with E-state index in [-0.39, 0.29) is 23.1 Å². The molecule has 0 heterocycles. The molecule has 0 aliphatic rings. The number of hydrogen-bond donors (Lipinski definition) is 3. The molecule has 25 heavy (non-hydrogen) atoms. The van der Waals surface area contributed by atoms with Crippen LogP contribution in [0.15, 0.2) is 48.5 Å². The molecule has 130 valence electrons. The maximum Gasteiger partial charge on any atom is 0.336 e. The Balaban J connectivity index is 2.10. The lowest BCUT2D eigenvalue weighted by Crippen LogP contribution is -2.31. The molecule has 1 atom stereocenters. The first-order chi connectivity index (χ1) is 11.9. The van der Waals surface area contributed by atoms with Gasteiger partial charge in [-0.05, 0) is 49.7 Å². The van der Waals surface area contributed by atoms with Gasteiger partial charge in [-0.1, -0.05) is 19.1 Å². The van der Waals surface area contributed by atoms with Crippen LogP contribution in [0.3, 0.4) is 0 Å². The number of nitrogens with one attached hydrogen (secondary N) is 2. The third-order valence-corrected chi connectivity index (χ3v) is 3.80. The lowest BCUT2D eigenvalue weighted by Gasteiger charge is -2.12. The zero-order chi connectivity index (χ0) is 18.4. The van der Waals surface area contributed by atoms with Crippen LogP contribution in [-0.2, 0) is 0 Å². The zero-order valence-electron chi connectivity index (χ0n) is 14.1. The van der Waals surface area contributed by atoms with Gasteiger partial charge in [0, 0.05) is 17.3 Å². The molecule has 0 aromatic heterocycles. The molecule has 2 aromatic carbocycles. The van der Waals surface area contributed by atoms with Crippen LogP contribution in [0.4, 0.5) is 5.69 Å². The molecule has 6 heteroatoms. The summed E-state index contributed by atoms with van der Waals surface area (Å²) in [6.45, 7) is 3.91. The van der Waals surface area contributed by atoms with Crippen molar-refractivity contribution in [2.24, 2.45) is 0 Å². The van der Waals surface area contributed by atoms with Crippen molar-refractivity contribution in [3.8, 4) is 0 Å². The Bertz CT molecular complexity index is 784. The maximum absolute atomic E-state index is 12.3. The van der Waals surface area contributed by atoms with E-state index in [1.165, 1.54) is 12.1 Å². The predicted octanol–water partition coefficient (Wildman–Crippen LogP) is 3.17. The predicted molar refractivity (Wildman–Crippen MR) is 95.0 cm³/mol. The first-order valence-electron chi connectivity index (χ1n) is 7.97. The first kappa shape index (κ1) is 18.2. The van der Waals surface area contributed by atoms with Gasteiger partial charge in [-0.15, -0.1) is 0 Å². The summed E-state index contributed by atoms with van der Waals surface area (Å²) >= 11 is 0. The van der Waals surface area contributed by atoms with Gasteiger partial charge in [0.25, 0.3) is 11.8 Å². The number of carbonyl (C=O) groups excluding carboxylic acids is 2. The van der Waals surface area contributed by atoms with E-state index in [1.807, 2.05) is 13.8 Å². The maximum atomic E-state index is 12.3. The summed E-state index contributed by atoms with van der Waals surface area (Å²) in [4.78, 5) is 35.5. The highest BCUT2D eigenvalue weighted by Gasteiger charge is 2.16. The molecule has 2 aromatic rings. The van der Waals surface area contributed by atoms with Crippen molar-refractivity contribution in [3.05, 3.63) is 65.2 Å². The number of carboxylic acids is 1. The van der Waals surface area contributed by atoms with Crippen LogP contribution >= 0.6 is 0 Å². The first-order valence-corrected chi connectivity index (χ1v) is 7.97. The van der Waals surface area contributed by atoms with Gasteiger partial charge in [0.2, 0.25) is 0 Å². The van der Waals surface area contributed by atoms with Crippen LogP contribution < -0.4 is 10.6 Å². The van der Waals surface area contributed by atoms with E-state index in [4.69, 9.17) is 5.11 Å². The lowest BCUT2D eigenvalue weighted by molar-refractivity contribution is 0.0692. The quantitative estimate of drug-likeness (QED) is 0.752. The van der Waals surface area contributed by atoms with Crippen LogP contribution in [-0.4, -0.2) is 28.9 Å². The molecule has 6 nitrogen and oxygen atoms in total. The van der Waals surface area contributed by atoms with E-state index >= 15 is 0 Å². The topological polar surface area (TPSA) is 95.5 Å². The summed E-state index contributed by atoms with van der Waals surface area (Å²) in [5.41, 5.74) is 0.979. The average molecular weight is 340 g/mol. The van der Waals surface area contributed by atoms with Crippen LogP contribution in [0.5, 0.6) is 0 Å². The number of anilines is 1. The number of benzene rings is 2. The van der Waals surface area contributed by atoms with E-state index in [0.717, 1.165) is 6.42 Å². The lowest BCUT2D eigenvalue weighted by atomic mass is 10.1. The van der Waals surface area contributed by atoms with E-state index in [2.05, 4.69) is 10.6 Å². The van der Waals surface area contributed by atoms with Gasteiger partial charge in [0.05, 0.1) is 11.1 Å². The van der Waals surface area contributed by atoms with E-state index in [9.17, 15) is 14.4 Å². The second-order valence-corrected chi connectivity index (χ2v) is 5.66. The van der Waals surface area contributed by atoms with Crippen molar-refractivity contribution >= 4 is 23.5 Å². The van der Waals surface area contributed by atoms with Gasteiger partial charge in [-0.25, -0.2) is 4.79 Å². The SMILES string of the molecule is CCC(C)NC(=O)c1ccc(NC(=O)c2ccccc2C(=O)O)cc1. The average Bonchev–Trinajstić information content (AvgIpc) is 2.62. The standard InChI is InChI=1S/C19H20N2O4/c1-3-12(2)20-17(22)13-8-10-14(11-9-13)21-18(23)15-6-4-5-7-16(15)19(24)25/h4-12H,3H2,1-2H3,(H,20,22)(H,21,23)(H,24,25). The molecule has 3 N–H and O–H groups in total. The molecule has 0 bridgehead atoms. The molecular weight excluding hydrogens is 320 g/mol. The van der Waals surface area contributed by atoms with Crippen molar-refractivity contribution in [3.63, 3.8) is 0 Å². The van der Waals surface area contributed by atoms with Crippen molar-refractivity contribution in [2.45, 2.75) is 26.3 Å². The molecule has 2 rings (SSSR count). The van der Waals surface area contributed by atoms with Crippen LogP contribution in [0, 0.1) is 0 Å². The number of carboxylic acid groups (broad SMARTS) is 1. The van der Waals surface area contributed by atoms with Crippen LogP contribution in [0.2, 0.25) is 0 Å². The Morgan fingerprint density at radius 1 is 0.960 bits per heavy atom. The minimum absolute atomic E-state index is 0.0652. The highest BCUT2D eigenvalue weighted by molar-refractivity contribution is 6.10. The van der Waals surface area contributed by atoms with Gasteiger partial charge in [0.15, 0.2) is 0 Å². The molecule has 0 spiro atoms. The van der Waals surface area contributed by atoms with Gasteiger partial charge in [0.1, 0.15) is 0 Å². The summed E-state index contributed by atoms with van der Waals surface area (Å²) in [5, 5.41) is 14.6. The fourth-order valence-corrected chi connectivity index (χ4v) is 2.18. The molecule has 1 unspecified atom stereocenters. The van der Waals surface area contributed by atoms with E-state index in [1.54, 1.807) is 36.4 Å². The largest absolute Gasteiger partial charge is 0.478 e. The Labute approximate surface area is 145 Å². The molecule has 0 aliphatic carbocycles. The number of amides is 2. The molecule has 2 amide bonds. The van der Waals surface area contributed by atoms with Gasteiger partial charge in [-0.2, -0.15) is 0 Å². The molecule has 0 fully saturated rings. The number of hydrogen-bond acceptors (Lipinski definition) is 3. The minimum Gasteiger partial charge on any atom is -0.478 e. The molecule has 0 saturated carbocycles. The van der Waals surface area contributed by atoms with Gasteiger partial charge >= 0.3 is 5.97 Å². The fraction of sp³-hybridized carbons (Fsp3) is 0.211. The Morgan fingerprint density at radius 3 is 2.12 bits per heavy atom. The smallest absolute Gasteiger partial charge is 0.336 e. The summed E-state index contributed by atoms with van der Waals surface area (Å²) in [5.74, 6) is -1.86. The summed E-state index contributed by atoms with van der Waals surface area (Å²) < 4.78 is 0. The Kier molecular flexibility index (Phi) is 5.89. The molecule has 0 saturated heterocycles. The molecule has 0 aliphatic heterocycles. The van der Waals surface area contributed by atoms with Crippen LogP contribution in [0.1, 0.15) is 51.3 Å². The Morgan fingerprint density at radius 2 is 1.56 bits per heavy atom. The molecular formula is C19H20N2O4. The van der Waals surface area contributed by atoms with Crippen molar-refractivity contribution < 1.29 is 19.5 Å². The zero-order valence-corrected chi connectivity index (χ0v) is 14.1. The normalized spacial score (nSPS) is 11.4. The van der Waals surface area contributed by atoms with Crippen molar-refractivity contribution in [1.82, 2.24) is 5.32 Å². The molecule has 0 radical (unpaired) electrons. The number of aromatic carboxylic acids is 1. The minimum atomic E-state index is -1.16. The van der Waals surface area contributed by atoms with Crippen molar-refractivity contribution in [1.29, 1.82) is 0 Å². The third-order valence-electron chi connectivity index (χ3n) is 3.80. The second-order valence-electron chi connectivity index (χ2n) is 5.66. The van der Waals surface area contributed by atoms with E-state index in [0.29, 0.717) is 11.3 Å². The van der Waals surface area contributed by atoms with Crippen molar-refractivity contribution in [2.75, 3.05) is 5.32 Å². The van der Waals surface area contributed by atoms with E-state index < -0.39 is 11.9 Å². The summed E-state index contributed by atoms with van der Waals surface area (Å²) in [6.07, 6.45) is 0.836. The Hall–Kier alpha value is -3.15. The highest BCUT2D eigenvalue weighted by Crippen LogP contribution is 2.14. The highest BCUT2D eigenvalue weighted by atomic mass is 16.4. The van der Waals surface area contributed by atoms with Gasteiger partial charge < -0.3 is 15.7 Å². The fourth-order valence-electron chi connectivity index (χ4n) is 2.18. The monoisotopic (exact) mass is 340 g/mol. The third kappa shape index (κ3) is 4.67. The summed E-state index contributed by atoms with van der Waals surface area (Å²) in [6, 6.07) is 12.5. The van der Waals surface area contributed by atoms with Crippen LogP contribution in [0.25, 0.3) is 0 Å². The number of carbonyl (C=O) groups is 3. The second kappa shape index (κ2) is 8.10. The number of rotatable bonds is 6. The van der Waals surface area contributed by atoms with Gasteiger partial charge in [-0.3, -0.25) is 9.59 Å².